The van der Waals surface area contributed by atoms with Crippen LogP contribution in [0.25, 0.3) is 0 Å². The Morgan fingerprint density at radius 1 is 1.53 bits per heavy atom. The number of hydrogen-bond donors (Lipinski definition) is 2. The molecule has 1 aromatic carbocycles. The molecule has 1 heterocycles. The van der Waals surface area contributed by atoms with Crippen LogP contribution in [0.5, 0.6) is 0 Å². The van der Waals surface area contributed by atoms with Crippen molar-refractivity contribution in [1.29, 1.82) is 0 Å². The first-order valence-electron chi connectivity index (χ1n) is 4.88. The highest BCUT2D eigenvalue weighted by atomic mass is 79.9. The average molecular weight is 317 g/mol. The summed E-state index contributed by atoms with van der Waals surface area (Å²) in [6, 6.07) is 4.53. The maximum Gasteiger partial charge on any atom is 0.124 e. The molecule has 17 heavy (non-hydrogen) atoms. The van der Waals surface area contributed by atoms with Crippen LogP contribution < -0.4 is 11.3 Å². The van der Waals surface area contributed by atoms with Crippen LogP contribution in [0.1, 0.15) is 16.5 Å². The van der Waals surface area contributed by atoms with Gasteiger partial charge in [0.1, 0.15) is 5.82 Å². The number of rotatable bonds is 4. The predicted molar refractivity (Wildman–Crippen MR) is 67.8 cm³/mol. The monoisotopic (exact) mass is 316 g/mol. The zero-order chi connectivity index (χ0) is 12.3. The van der Waals surface area contributed by atoms with Gasteiger partial charge in [0.05, 0.1) is 17.1 Å². The quantitative estimate of drug-likeness (QED) is 0.670. The van der Waals surface area contributed by atoms with E-state index in [1.54, 1.807) is 12.3 Å². The van der Waals surface area contributed by atoms with Crippen molar-refractivity contribution in [3.8, 4) is 0 Å². The Kier molecular flexibility index (Phi) is 4.16. The third-order valence-corrected chi connectivity index (χ3v) is 3.88. The van der Waals surface area contributed by atoms with Crippen molar-refractivity contribution in [2.75, 3.05) is 0 Å². The second-order valence-electron chi connectivity index (χ2n) is 3.48. The maximum atomic E-state index is 13.0. The lowest BCUT2D eigenvalue weighted by Crippen LogP contribution is -2.29. The van der Waals surface area contributed by atoms with Gasteiger partial charge in [-0.1, -0.05) is 26.5 Å². The smallest absolute Gasteiger partial charge is 0.124 e. The zero-order valence-electron chi connectivity index (χ0n) is 8.73. The van der Waals surface area contributed by atoms with Gasteiger partial charge in [0.25, 0.3) is 0 Å². The first-order valence-corrected chi connectivity index (χ1v) is 6.44. The molecule has 90 valence electrons. The highest BCUT2D eigenvalue weighted by Gasteiger charge is 2.14. The van der Waals surface area contributed by atoms with Gasteiger partial charge in [0.15, 0.2) is 0 Å². The molecule has 4 nitrogen and oxygen atoms in total. The summed E-state index contributed by atoms with van der Waals surface area (Å²) in [4.78, 5) is 0.948. The van der Waals surface area contributed by atoms with Crippen LogP contribution in [0, 0.1) is 5.82 Å². The van der Waals surface area contributed by atoms with E-state index in [9.17, 15) is 4.39 Å². The van der Waals surface area contributed by atoms with E-state index in [1.165, 1.54) is 23.7 Å². The standard InChI is InChI=1S/C10H10BrFN4S/c11-8-4-7(12)2-1-6(8)3-9(15-13)10-5-14-16-17-10/h1-2,4-5,9,15H,3,13H2. The summed E-state index contributed by atoms with van der Waals surface area (Å²) in [6.07, 6.45) is 2.31. The summed E-state index contributed by atoms with van der Waals surface area (Å²) >= 11 is 4.62. The molecule has 0 fully saturated rings. The van der Waals surface area contributed by atoms with Crippen LogP contribution in [0.4, 0.5) is 4.39 Å². The van der Waals surface area contributed by atoms with Crippen molar-refractivity contribution in [3.05, 3.63) is 45.1 Å². The van der Waals surface area contributed by atoms with Crippen LogP contribution in [0.3, 0.4) is 0 Å². The third kappa shape index (κ3) is 3.06. The number of halogens is 2. The van der Waals surface area contributed by atoms with E-state index in [2.05, 4.69) is 30.9 Å². The number of hydrazine groups is 1. The fourth-order valence-corrected chi connectivity index (χ4v) is 2.55. The SMILES string of the molecule is NNC(Cc1ccc(F)cc1Br)c1cnns1. The molecule has 1 atom stereocenters. The molecule has 0 aliphatic rings. The van der Waals surface area contributed by atoms with Gasteiger partial charge < -0.3 is 0 Å². The molecule has 0 aliphatic heterocycles. The lowest BCUT2D eigenvalue weighted by molar-refractivity contribution is 0.557. The van der Waals surface area contributed by atoms with E-state index < -0.39 is 0 Å². The summed E-state index contributed by atoms with van der Waals surface area (Å²) < 4.78 is 17.5. The number of benzene rings is 1. The number of aromatic nitrogens is 2. The number of nitrogens with two attached hydrogens (primary N) is 1. The Balaban J connectivity index is 2.19. The van der Waals surface area contributed by atoms with E-state index in [1.807, 2.05) is 0 Å². The molecule has 7 heteroatoms. The van der Waals surface area contributed by atoms with Crippen molar-refractivity contribution < 1.29 is 4.39 Å². The van der Waals surface area contributed by atoms with Gasteiger partial charge in [-0.15, -0.1) is 5.10 Å². The van der Waals surface area contributed by atoms with Gasteiger partial charge >= 0.3 is 0 Å². The van der Waals surface area contributed by atoms with E-state index in [4.69, 9.17) is 5.84 Å². The Hall–Kier alpha value is -0.890. The fraction of sp³-hybridized carbons (Fsp3) is 0.200. The third-order valence-electron chi connectivity index (χ3n) is 2.36. The molecule has 1 unspecified atom stereocenters. The van der Waals surface area contributed by atoms with Gasteiger partial charge in [-0.2, -0.15) is 0 Å². The summed E-state index contributed by atoms with van der Waals surface area (Å²) in [5, 5.41) is 3.77. The van der Waals surface area contributed by atoms with Crippen molar-refractivity contribution >= 4 is 27.5 Å². The van der Waals surface area contributed by atoms with E-state index in [-0.39, 0.29) is 11.9 Å². The van der Waals surface area contributed by atoms with Crippen molar-refractivity contribution in [2.45, 2.75) is 12.5 Å². The Morgan fingerprint density at radius 3 is 2.94 bits per heavy atom. The Morgan fingerprint density at radius 2 is 2.35 bits per heavy atom. The molecule has 0 spiro atoms. The Bertz CT molecular complexity index is 491. The molecule has 1 aromatic heterocycles. The normalized spacial score (nSPS) is 12.6. The second kappa shape index (κ2) is 5.63. The summed E-state index contributed by atoms with van der Waals surface area (Å²) in [5.74, 6) is 5.24. The lowest BCUT2D eigenvalue weighted by Gasteiger charge is -2.14. The molecule has 2 aromatic rings. The number of nitrogens with one attached hydrogen (secondary N) is 1. The van der Waals surface area contributed by atoms with Gasteiger partial charge in [-0.3, -0.25) is 11.3 Å². The van der Waals surface area contributed by atoms with Gasteiger partial charge in [0.2, 0.25) is 0 Å². The first kappa shape index (κ1) is 12.6. The van der Waals surface area contributed by atoms with E-state index in [0.717, 1.165) is 14.9 Å². The van der Waals surface area contributed by atoms with Gasteiger partial charge in [0, 0.05) is 4.47 Å². The molecular formula is C10H10BrFN4S. The Labute approximate surface area is 110 Å². The van der Waals surface area contributed by atoms with E-state index in [0.29, 0.717) is 6.42 Å². The van der Waals surface area contributed by atoms with Crippen LogP contribution in [-0.2, 0) is 6.42 Å². The highest BCUT2D eigenvalue weighted by Crippen LogP contribution is 2.25. The predicted octanol–water partition coefficient (Wildman–Crippen LogP) is 2.19. The topological polar surface area (TPSA) is 63.8 Å². The minimum atomic E-state index is -0.266. The highest BCUT2D eigenvalue weighted by molar-refractivity contribution is 9.10. The van der Waals surface area contributed by atoms with Crippen molar-refractivity contribution in [1.82, 2.24) is 15.0 Å². The lowest BCUT2D eigenvalue weighted by atomic mass is 10.1. The molecule has 2 rings (SSSR count). The van der Waals surface area contributed by atoms with Crippen LogP contribution >= 0.6 is 27.5 Å². The second-order valence-corrected chi connectivity index (χ2v) is 5.15. The van der Waals surface area contributed by atoms with Crippen LogP contribution in [-0.4, -0.2) is 9.59 Å². The van der Waals surface area contributed by atoms with E-state index >= 15 is 0 Å². The summed E-state index contributed by atoms with van der Waals surface area (Å²) in [7, 11) is 0. The first-order chi connectivity index (χ1) is 8.20. The minimum absolute atomic E-state index is 0.0724. The molecule has 3 N–H and O–H groups in total. The molecule has 0 amide bonds. The zero-order valence-corrected chi connectivity index (χ0v) is 11.1. The van der Waals surface area contributed by atoms with Crippen LogP contribution in [0.2, 0.25) is 0 Å². The fourth-order valence-electron chi connectivity index (χ4n) is 1.48. The summed E-state index contributed by atoms with van der Waals surface area (Å²) in [6.45, 7) is 0. The largest absolute Gasteiger partial charge is 0.271 e. The molecule has 0 saturated heterocycles. The molecular weight excluding hydrogens is 307 g/mol. The van der Waals surface area contributed by atoms with Gasteiger partial charge in [-0.05, 0) is 35.6 Å². The van der Waals surface area contributed by atoms with Crippen molar-refractivity contribution in [3.63, 3.8) is 0 Å². The maximum absolute atomic E-state index is 13.0. The number of nitrogens with zero attached hydrogens (tertiary/aromatic N) is 2. The van der Waals surface area contributed by atoms with Gasteiger partial charge in [-0.25, -0.2) is 4.39 Å². The van der Waals surface area contributed by atoms with Crippen molar-refractivity contribution in [2.24, 2.45) is 5.84 Å². The molecule has 0 bridgehead atoms. The molecule has 0 saturated carbocycles. The summed E-state index contributed by atoms with van der Waals surface area (Å²) in [5.41, 5.74) is 3.69. The molecule has 0 aliphatic carbocycles. The van der Waals surface area contributed by atoms with Crippen LogP contribution in [0.15, 0.2) is 28.9 Å². The minimum Gasteiger partial charge on any atom is -0.271 e. The average Bonchev–Trinajstić information content (AvgIpc) is 2.81. The molecule has 0 radical (unpaired) electrons. The number of hydrogen-bond acceptors (Lipinski definition) is 5.